The second-order valence-corrected chi connectivity index (χ2v) is 6.13. The van der Waals surface area contributed by atoms with Crippen LogP contribution < -0.4 is 9.62 Å². The first kappa shape index (κ1) is 12.4. The maximum atomic E-state index is 12.2. The van der Waals surface area contributed by atoms with Crippen LogP contribution in [0.1, 0.15) is 12.5 Å². The van der Waals surface area contributed by atoms with Crippen LogP contribution in [0.3, 0.4) is 0 Å². The second kappa shape index (κ2) is 5.06. The number of hydrogen-bond donors (Lipinski definition) is 1. The largest absolute Gasteiger partial charge is 0.316 e. The van der Waals surface area contributed by atoms with Gasteiger partial charge in [0.05, 0.1) is 11.4 Å². The van der Waals surface area contributed by atoms with E-state index in [1.165, 1.54) is 0 Å². The van der Waals surface area contributed by atoms with Gasteiger partial charge < -0.3 is 5.32 Å². The molecule has 0 bridgehead atoms. The van der Waals surface area contributed by atoms with Crippen molar-refractivity contribution in [2.24, 2.45) is 0 Å². The number of nitrogens with zero attached hydrogens (tertiary/aromatic N) is 1. The minimum atomic E-state index is -3.17. The van der Waals surface area contributed by atoms with Gasteiger partial charge in [0.25, 0.3) is 0 Å². The molecular weight excluding hydrogens is 236 g/mol. The predicted molar refractivity (Wildman–Crippen MR) is 69.8 cm³/mol. The van der Waals surface area contributed by atoms with Gasteiger partial charge >= 0.3 is 0 Å². The summed E-state index contributed by atoms with van der Waals surface area (Å²) in [4.78, 5) is 0. The fourth-order valence-corrected chi connectivity index (χ4v) is 3.55. The van der Waals surface area contributed by atoms with E-state index in [4.69, 9.17) is 0 Å². The second-order valence-electron chi connectivity index (χ2n) is 4.12. The summed E-state index contributed by atoms with van der Waals surface area (Å²) in [5, 5.41) is 3.05. The topological polar surface area (TPSA) is 49.4 Å². The molecule has 5 heteroatoms. The highest BCUT2D eigenvalue weighted by atomic mass is 32.2. The molecule has 0 aromatic heterocycles. The van der Waals surface area contributed by atoms with Crippen molar-refractivity contribution in [1.82, 2.24) is 5.32 Å². The Bertz CT molecular complexity index is 485. The zero-order valence-corrected chi connectivity index (χ0v) is 10.8. The molecule has 0 unspecified atom stereocenters. The Labute approximate surface area is 103 Å². The number of para-hydroxylation sites is 1. The van der Waals surface area contributed by atoms with Gasteiger partial charge in [-0.15, -0.1) is 0 Å². The highest BCUT2D eigenvalue weighted by molar-refractivity contribution is 7.92. The van der Waals surface area contributed by atoms with E-state index in [-0.39, 0.29) is 5.75 Å². The lowest BCUT2D eigenvalue weighted by atomic mass is 10.2. The molecule has 0 saturated heterocycles. The Morgan fingerprint density at radius 1 is 1.35 bits per heavy atom. The van der Waals surface area contributed by atoms with E-state index in [1.807, 2.05) is 31.2 Å². The SMILES string of the molecule is CCNCCS(=O)(=O)N1CCc2ccccc21. The normalized spacial score (nSPS) is 15.0. The Kier molecular flexibility index (Phi) is 3.69. The molecule has 0 atom stereocenters. The van der Waals surface area contributed by atoms with Crippen LogP contribution in [0, 0.1) is 0 Å². The van der Waals surface area contributed by atoms with Crippen molar-refractivity contribution in [3.05, 3.63) is 29.8 Å². The molecule has 0 amide bonds. The number of nitrogens with one attached hydrogen (secondary N) is 1. The first-order valence-electron chi connectivity index (χ1n) is 5.94. The highest BCUT2D eigenvalue weighted by Gasteiger charge is 2.28. The summed E-state index contributed by atoms with van der Waals surface area (Å²) in [6.07, 6.45) is 0.816. The Morgan fingerprint density at radius 2 is 2.12 bits per heavy atom. The summed E-state index contributed by atoms with van der Waals surface area (Å²) in [7, 11) is -3.17. The maximum Gasteiger partial charge on any atom is 0.236 e. The lowest BCUT2D eigenvalue weighted by Crippen LogP contribution is -2.35. The van der Waals surface area contributed by atoms with Gasteiger partial charge in [-0.3, -0.25) is 4.31 Å². The zero-order chi connectivity index (χ0) is 12.3. The Balaban J connectivity index is 2.14. The molecule has 1 aromatic rings. The molecule has 1 aromatic carbocycles. The molecule has 0 saturated carbocycles. The summed E-state index contributed by atoms with van der Waals surface area (Å²) < 4.78 is 25.9. The highest BCUT2D eigenvalue weighted by Crippen LogP contribution is 2.29. The molecule has 4 nitrogen and oxygen atoms in total. The molecule has 2 rings (SSSR count). The number of rotatable bonds is 5. The molecular formula is C12H18N2O2S. The molecule has 94 valence electrons. The molecule has 0 radical (unpaired) electrons. The molecule has 1 aliphatic heterocycles. The van der Waals surface area contributed by atoms with E-state index in [1.54, 1.807) is 4.31 Å². The molecule has 1 N–H and O–H groups in total. The molecule has 17 heavy (non-hydrogen) atoms. The summed E-state index contributed by atoms with van der Waals surface area (Å²) in [6, 6.07) is 7.72. The van der Waals surface area contributed by atoms with Crippen LogP contribution in [0.25, 0.3) is 0 Å². The van der Waals surface area contributed by atoms with E-state index < -0.39 is 10.0 Å². The van der Waals surface area contributed by atoms with Crippen LogP contribution in [-0.4, -0.2) is 33.8 Å². The van der Waals surface area contributed by atoms with Crippen LogP contribution >= 0.6 is 0 Å². The molecule has 1 aliphatic rings. The number of sulfonamides is 1. The minimum Gasteiger partial charge on any atom is -0.316 e. The maximum absolute atomic E-state index is 12.2. The fraction of sp³-hybridized carbons (Fsp3) is 0.500. The molecule has 1 heterocycles. The van der Waals surface area contributed by atoms with Gasteiger partial charge in [0.15, 0.2) is 0 Å². The van der Waals surface area contributed by atoms with Gasteiger partial charge in [0.1, 0.15) is 0 Å². The lowest BCUT2D eigenvalue weighted by Gasteiger charge is -2.19. The third kappa shape index (κ3) is 2.61. The van der Waals surface area contributed by atoms with Gasteiger partial charge in [-0.25, -0.2) is 8.42 Å². The van der Waals surface area contributed by atoms with Crippen LogP contribution in [0.15, 0.2) is 24.3 Å². The monoisotopic (exact) mass is 254 g/mol. The van der Waals surface area contributed by atoms with Crippen LogP contribution in [-0.2, 0) is 16.4 Å². The quantitative estimate of drug-likeness (QED) is 0.797. The number of anilines is 1. The number of benzene rings is 1. The van der Waals surface area contributed by atoms with E-state index >= 15 is 0 Å². The average molecular weight is 254 g/mol. The standard InChI is InChI=1S/C12H18N2O2S/c1-2-13-8-10-17(15,16)14-9-7-11-5-3-4-6-12(11)14/h3-6,13H,2,7-10H2,1H3. The average Bonchev–Trinajstić information content (AvgIpc) is 2.73. The molecule has 0 fully saturated rings. The molecule has 0 aliphatic carbocycles. The van der Waals surface area contributed by atoms with Gasteiger partial charge in [-0.1, -0.05) is 25.1 Å². The predicted octanol–water partition coefficient (Wildman–Crippen LogP) is 0.988. The van der Waals surface area contributed by atoms with E-state index in [0.29, 0.717) is 13.1 Å². The fourth-order valence-electron chi connectivity index (χ4n) is 2.09. The third-order valence-corrected chi connectivity index (χ3v) is 4.74. The van der Waals surface area contributed by atoms with E-state index in [2.05, 4.69) is 5.32 Å². The van der Waals surface area contributed by atoms with Crippen LogP contribution in [0.4, 0.5) is 5.69 Å². The van der Waals surface area contributed by atoms with Gasteiger partial charge in [0.2, 0.25) is 10.0 Å². The first-order valence-corrected chi connectivity index (χ1v) is 7.55. The number of fused-ring (bicyclic) bond motifs is 1. The Morgan fingerprint density at radius 3 is 2.88 bits per heavy atom. The summed E-state index contributed by atoms with van der Waals surface area (Å²) in [5.41, 5.74) is 1.98. The lowest BCUT2D eigenvalue weighted by molar-refractivity contribution is 0.588. The third-order valence-electron chi connectivity index (χ3n) is 2.97. The molecule has 0 spiro atoms. The zero-order valence-electron chi connectivity index (χ0n) is 10.0. The van der Waals surface area contributed by atoms with Gasteiger partial charge in [-0.2, -0.15) is 0 Å². The number of hydrogen-bond acceptors (Lipinski definition) is 3. The van der Waals surface area contributed by atoms with Crippen molar-refractivity contribution in [1.29, 1.82) is 0 Å². The van der Waals surface area contributed by atoms with Crippen molar-refractivity contribution in [2.75, 3.05) is 29.7 Å². The van der Waals surface area contributed by atoms with Crippen molar-refractivity contribution in [3.8, 4) is 0 Å². The summed E-state index contributed by atoms with van der Waals surface area (Å²) >= 11 is 0. The van der Waals surface area contributed by atoms with Gasteiger partial charge in [0, 0.05) is 13.1 Å². The smallest absolute Gasteiger partial charge is 0.236 e. The van der Waals surface area contributed by atoms with Crippen LogP contribution in [0.5, 0.6) is 0 Å². The minimum absolute atomic E-state index is 0.162. The van der Waals surface area contributed by atoms with Crippen LogP contribution in [0.2, 0.25) is 0 Å². The summed E-state index contributed by atoms with van der Waals surface area (Å²) in [6.45, 7) is 3.86. The Hall–Kier alpha value is -1.07. The van der Waals surface area contributed by atoms with Crippen molar-refractivity contribution >= 4 is 15.7 Å². The van der Waals surface area contributed by atoms with E-state index in [0.717, 1.165) is 24.2 Å². The summed E-state index contributed by atoms with van der Waals surface area (Å²) in [5.74, 6) is 0.162. The van der Waals surface area contributed by atoms with Crippen molar-refractivity contribution in [2.45, 2.75) is 13.3 Å². The van der Waals surface area contributed by atoms with Crippen molar-refractivity contribution in [3.63, 3.8) is 0 Å². The van der Waals surface area contributed by atoms with Crippen molar-refractivity contribution < 1.29 is 8.42 Å². The van der Waals surface area contributed by atoms with E-state index in [9.17, 15) is 8.42 Å². The van der Waals surface area contributed by atoms with Gasteiger partial charge in [-0.05, 0) is 24.6 Å². The first-order chi connectivity index (χ1) is 8.15.